The molecule has 0 atom stereocenters. The molecule has 0 radical (unpaired) electrons. The summed E-state index contributed by atoms with van der Waals surface area (Å²) in [6.45, 7) is 1.71. The maximum atomic E-state index is 13.5. The summed E-state index contributed by atoms with van der Waals surface area (Å²) in [5.41, 5.74) is 2.88. The third-order valence-corrected chi connectivity index (χ3v) is 6.13. The molecule has 0 saturated heterocycles. The van der Waals surface area contributed by atoms with E-state index in [2.05, 4.69) is 4.90 Å². The summed E-state index contributed by atoms with van der Waals surface area (Å²) in [5, 5.41) is 1.24. The molecular weight excluding hydrogens is 452 g/mol. The highest BCUT2D eigenvalue weighted by molar-refractivity contribution is 6.35. The van der Waals surface area contributed by atoms with Crippen LogP contribution in [0.5, 0.6) is 11.5 Å². The Labute approximate surface area is 194 Å². The van der Waals surface area contributed by atoms with Crippen LogP contribution in [0.15, 0.2) is 60.4 Å². The third kappa shape index (κ3) is 4.11. The molecule has 3 aromatic rings. The van der Waals surface area contributed by atoms with Crippen LogP contribution in [-0.2, 0) is 13.0 Å². The highest BCUT2D eigenvalue weighted by atomic mass is 35.5. The van der Waals surface area contributed by atoms with Crippen LogP contribution >= 0.6 is 23.2 Å². The van der Waals surface area contributed by atoms with Crippen LogP contribution in [0.3, 0.4) is 0 Å². The zero-order chi connectivity index (χ0) is 22.2. The smallest absolute Gasteiger partial charge is 0.231 e. The highest BCUT2D eigenvalue weighted by Crippen LogP contribution is 2.42. The van der Waals surface area contributed by atoms with Gasteiger partial charge in [-0.3, -0.25) is 9.69 Å². The van der Waals surface area contributed by atoms with Gasteiger partial charge in [-0.15, -0.1) is 0 Å². The molecule has 0 unspecified atom stereocenters. The predicted octanol–water partition coefficient (Wildman–Crippen LogP) is 6.14. The van der Waals surface area contributed by atoms with E-state index in [0.29, 0.717) is 52.5 Å². The summed E-state index contributed by atoms with van der Waals surface area (Å²) < 4.78 is 25.4. The van der Waals surface area contributed by atoms with E-state index in [1.165, 1.54) is 12.1 Å². The lowest BCUT2D eigenvalue weighted by Crippen LogP contribution is -2.33. The lowest BCUT2D eigenvalue weighted by Gasteiger charge is -2.29. The molecule has 0 aromatic heterocycles. The van der Waals surface area contributed by atoms with Gasteiger partial charge in [0.2, 0.25) is 5.78 Å². The summed E-state index contributed by atoms with van der Waals surface area (Å²) in [7, 11) is 0. The monoisotopic (exact) mass is 469 g/mol. The fourth-order valence-corrected chi connectivity index (χ4v) is 4.40. The van der Waals surface area contributed by atoms with Gasteiger partial charge in [0.1, 0.15) is 24.0 Å². The normalized spacial score (nSPS) is 16.5. The summed E-state index contributed by atoms with van der Waals surface area (Å²) in [5.74, 6) is 0.777. The van der Waals surface area contributed by atoms with E-state index in [1.54, 1.807) is 36.4 Å². The number of halogens is 3. The van der Waals surface area contributed by atoms with Crippen molar-refractivity contribution in [1.29, 1.82) is 0 Å². The van der Waals surface area contributed by atoms with Crippen LogP contribution in [-0.4, -0.2) is 24.0 Å². The minimum absolute atomic E-state index is 0.170. The Morgan fingerprint density at radius 1 is 1.09 bits per heavy atom. The lowest BCUT2D eigenvalue weighted by molar-refractivity contribution is 0.0950. The van der Waals surface area contributed by atoms with Crippen molar-refractivity contribution in [3.8, 4) is 11.5 Å². The molecule has 2 aliphatic heterocycles. The number of rotatable bonds is 4. The standard InChI is InChI=1S/C25H18Cl2FNO3/c26-17-5-4-16(21(27)12-17)8-9-29-13-20-22(31-14-29)7-6-19-24(30)23(32-25(19)20)11-15-2-1-3-18(28)10-15/h1-7,10-12H,8-9,13-14H2/b23-11-. The van der Waals surface area contributed by atoms with Crippen molar-refractivity contribution in [3.63, 3.8) is 0 Å². The number of ether oxygens (including phenoxy) is 2. The number of Topliss-reactive ketones (excluding diaryl/α,β-unsaturated/α-hetero) is 1. The van der Waals surface area contributed by atoms with Crippen molar-refractivity contribution < 1.29 is 18.7 Å². The molecule has 0 bridgehead atoms. The van der Waals surface area contributed by atoms with Gasteiger partial charge in [0.05, 0.1) is 11.1 Å². The molecule has 32 heavy (non-hydrogen) atoms. The molecular formula is C25H18Cl2FNO3. The van der Waals surface area contributed by atoms with Crippen molar-refractivity contribution in [2.24, 2.45) is 0 Å². The van der Waals surface area contributed by atoms with E-state index in [0.717, 1.165) is 17.5 Å². The topological polar surface area (TPSA) is 38.8 Å². The molecule has 5 rings (SSSR count). The molecule has 3 aromatic carbocycles. The molecule has 7 heteroatoms. The maximum absolute atomic E-state index is 13.5. The number of ketones is 1. The van der Waals surface area contributed by atoms with Gasteiger partial charge in [0.25, 0.3) is 0 Å². The Bertz CT molecular complexity index is 1260. The van der Waals surface area contributed by atoms with Crippen molar-refractivity contribution >= 4 is 35.1 Å². The zero-order valence-electron chi connectivity index (χ0n) is 16.9. The number of allylic oxidation sites excluding steroid dienone is 1. The van der Waals surface area contributed by atoms with Gasteiger partial charge in [-0.25, -0.2) is 4.39 Å². The van der Waals surface area contributed by atoms with Crippen molar-refractivity contribution in [2.45, 2.75) is 13.0 Å². The molecule has 0 saturated carbocycles. The van der Waals surface area contributed by atoms with Crippen molar-refractivity contribution in [1.82, 2.24) is 4.90 Å². The van der Waals surface area contributed by atoms with Crippen LogP contribution in [0.4, 0.5) is 4.39 Å². The second-order valence-electron chi connectivity index (χ2n) is 7.73. The fraction of sp³-hybridized carbons (Fsp3) is 0.160. The van der Waals surface area contributed by atoms with Gasteiger partial charge < -0.3 is 9.47 Å². The lowest BCUT2D eigenvalue weighted by atomic mass is 10.0. The molecule has 0 N–H and O–H groups in total. The minimum atomic E-state index is -0.371. The molecule has 162 valence electrons. The Kier molecular flexibility index (Phi) is 5.64. The SMILES string of the molecule is O=C1/C(=C/c2cccc(F)c2)Oc2c1ccc1c2CN(CCc2ccc(Cl)cc2Cl)CO1. The Morgan fingerprint density at radius 2 is 1.97 bits per heavy atom. The van der Waals surface area contributed by atoms with E-state index < -0.39 is 0 Å². The number of carbonyl (C=O) groups excluding carboxylic acids is 1. The van der Waals surface area contributed by atoms with Crippen molar-refractivity contribution in [2.75, 3.05) is 13.3 Å². The van der Waals surface area contributed by atoms with Crippen LogP contribution in [0, 0.1) is 5.82 Å². The van der Waals surface area contributed by atoms with E-state index in [-0.39, 0.29) is 17.4 Å². The van der Waals surface area contributed by atoms with Gasteiger partial charge in [-0.1, -0.05) is 41.4 Å². The molecule has 0 fully saturated rings. The first-order chi connectivity index (χ1) is 15.5. The van der Waals surface area contributed by atoms with Gasteiger partial charge in [-0.05, 0) is 60.0 Å². The number of hydrogen-bond acceptors (Lipinski definition) is 4. The predicted molar refractivity (Wildman–Crippen MR) is 122 cm³/mol. The van der Waals surface area contributed by atoms with E-state index in [1.807, 2.05) is 12.1 Å². The van der Waals surface area contributed by atoms with Crippen molar-refractivity contribution in [3.05, 3.63) is 98.5 Å². The first-order valence-electron chi connectivity index (χ1n) is 10.1. The van der Waals surface area contributed by atoms with Crippen LogP contribution in [0.1, 0.15) is 27.0 Å². The quantitative estimate of drug-likeness (QED) is 0.430. The summed E-state index contributed by atoms with van der Waals surface area (Å²) in [6, 6.07) is 15.0. The Hall–Kier alpha value is -2.86. The van der Waals surface area contributed by atoms with Gasteiger partial charge >= 0.3 is 0 Å². The molecule has 2 aliphatic rings. The second kappa shape index (κ2) is 8.58. The molecule has 0 aliphatic carbocycles. The molecule has 2 heterocycles. The number of benzene rings is 3. The van der Waals surface area contributed by atoms with Crippen LogP contribution in [0.25, 0.3) is 6.08 Å². The first kappa shape index (κ1) is 21.0. The number of fused-ring (bicyclic) bond motifs is 3. The summed E-state index contributed by atoms with van der Waals surface area (Å²) >= 11 is 12.3. The zero-order valence-corrected chi connectivity index (χ0v) is 18.4. The maximum Gasteiger partial charge on any atom is 0.231 e. The fourth-order valence-electron chi connectivity index (χ4n) is 3.90. The van der Waals surface area contributed by atoms with E-state index >= 15 is 0 Å². The van der Waals surface area contributed by atoms with E-state index in [4.69, 9.17) is 32.7 Å². The summed E-state index contributed by atoms with van der Waals surface area (Å²) in [4.78, 5) is 15.0. The average Bonchev–Trinajstić information content (AvgIpc) is 3.09. The highest BCUT2D eigenvalue weighted by Gasteiger charge is 2.33. The average molecular weight is 470 g/mol. The minimum Gasteiger partial charge on any atom is -0.478 e. The van der Waals surface area contributed by atoms with Crippen LogP contribution in [0.2, 0.25) is 10.0 Å². The first-order valence-corrected chi connectivity index (χ1v) is 10.9. The van der Waals surface area contributed by atoms with Crippen LogP contribution < -0.4 is 9.47 Å². The Balaban J connectivity index is 1.36. The second-order valence-corrected chi connectivity index (χ2v) is 8.57. The largest absolute Gasteiger partial charge is 0.478 e. The third-order valence-electron chi connectivity index (χ3n) is 5.54. The van der Waals surface area contributed by atoms with Gasteiger partial charge in [0.15, 0.2) is 5.76 Å². The number of nitrogens with zero attached hydrogens (tertiary/aromatic N) is 1. The molecule has 4 nitrogen and oxygen atoms in total. The Morgan fingerprint density at radius 3 is 2.78 bits per heavy atom. The van der Waals surface area contributed by atoms with E-state index in [9.17, 15) is 9.18 Å². The molecule has 0 amide bonds. The van der Waals surface area contributed by atoms with Gasteiger partial charge in [-0.2, -0.15) is 0 Å². The van der Waals surface area contributed by atoms with Gasteiger partial charge in [0, 0.05) is 23.1 Å². The molecule has 0 spiro atoms. The number of hydrogen-bond donors (Lipinski definition) is 0. The number of carbonyl (C=O) groups is 1. The summed E-state index contributed by atoms with van der Waals surface area (Å²) in [6.07, 6.45) is 2.29.